The van der Waals surface area contributed by atoms with Crippen LogP contribution in [0.3, 0.4) is 0 Å². The van der Waals surface area contributed by atoms with E-state index in [-0.39, 0.29) is 0 Å². The predicted octanol–water partition coefficient (Wildman–Crippen LogP) is 16.4. The van der Waals surface area contributed by atoms with Crippen molar-refractivity contribution in [3.05, 3.63) is 224 Å². The van der Waals surface area contributed by atoms with E-state index in [1.807, 2.05) is 18.2 Å². The van der Waals surface area contributed by atoms with Crippen molar-refractivity contribution in [3.63, 3.8) is 0 Å². The van der Waals surface area contributed by atoms with Gasteiger partial charge >= 0.3 is 0 Å². The van der Waals surface area contributed by atoms with Crippen LogP contribution in [0.15, 0.2) is 229 Å². The summed E-state index contributed by atoms with van der Waals surface area (Å²) in [7, 11) is 0. The van der Waals surface area contributed by atoms with E-state index in [0.29, 0.717) is 17.5 Å². The van der Waals surface area contributed by atoms with E-state index in [2.05, 4.69) is 215 Å². The second-order valence-electron chi connectivity index (χ2n) is 18.0. The number of hydrogen-bond acceptors (Lipinski definition) is 4. The molecular weight excluding hydrogens is 843 g/mol. The fraction of sp³-hybridized carbons (Fsp3) is 0. The molecule has 0 bridgehead atoms. The summed E-state index contributed by atoms with van der Waals surface area (Å²) in [5.41, 5.74) is 11.0. The quantitative estimate of drug-likeness (QED) is 0.173. The van der Waals surface area contributed by atoms with Crippen molar-refractivity contribution in [2.75, 3.05) is 0 Å². The molecule has 0 radical (unpaired) electrons. The average molecular weight is 880 g/mol. The Hall–Kier alpha value is -9.39. The van der Waals surface area contributed by atoms with Gasteiger partial charge in [-0.1, -0.05) is 152 Å². The smallest absolute Gasteiger partial charge is 0.166 e. The molecular formula is C63H37N5O. The molecule has 0 aliphatic carbocycles. The number of fused-ring (bicyclic) bond motifs is 14. The predicted molar refractivity (Wildman–Crippen MR) is 285 cm³/mol. The van der Waals surface area contributed by atoms with Crippen molar-refractivity contribution >= 4 is 97.9 Å². The number of nitrogens with zero attached hydrogens (tertiary/aromatic N) is 5. The van der Waals surface area contributed by atoms with Crippen LogP contribution in [0.2, 0.25) is 0 Å². The minimum Gasteiger partial charge on any atom is -0.456 e. The number of furan rings is 1. The summed E-state index contributed by atoms with van der Waals surface area (Å²) < 4.78 is 11.6. The monoisotopic (exact) mass is 879 g/mol. The Kier molecular flexibility index (Phi) is 7.97. The van der Waals surface area contributed by atoms with Gasteiger partial charge in [-0.05, 0) is 105 Å². The summed E-state index contributed by atoms with van der Waals surface area (Å²) in [5, 5.41) is 14.1. The zero-order chi connectivity index (χ0) is 45.2. The first-order valence-corrected chi connectivity index (χ1v) is 23.3. The maximum absolute atomic E-state index is 6.79. The lowest BCUT2D eigenvalue weighted by Crippen LogP contribution is -2.02. The van der Waals surface area contributed by atoms with Crippen molar-refractivity contribution in [2.24, 2.45) is 0 Å². The molecule has 15 rings (SSSR count). The Morgan fingerprint density at radius 1 is 0.304 bits per heavy atom. The molecule has 0 spiro atoms. The van der Waals surface area contributed by atoms with E-state index in [1.165, 1.54) is 48.7 Å². The molecule has 4 aromatic heterocycles. The van der Waals surface area contributed by atoms with Crippen LogP contribution < -0.4 is 0 Å². The van der Waals surface area contributed by atoms with Gasteiger partial charge in [0, 0.05) is 60.4 Å². The third kappa shape index (κ3) is 5.69. The van der Waals surface area contributed by atoms with Crippen LogP contribution in [-0.2, 0) is 0 Å². The van der Waals surface area contributed by atoms with Crippen molar-refractivity contribution in [3.8, 4) is 45.5 Å². The van der Waals surface area contributed by atoms with Crippen LogP contribution in [0.25, 0.3) is 143 Å². The van der Waals surface area contributed by atoms with E-state index in [0.717, 1.165) is 77.2 Å². The second-order valence-corrected chi connectivity index (χ2v) is 18.0. The summed E-state index contributed by atoms with van der Waals surface area (Å²) in [6.45, 7) is 0. The highest BCUT2D eigenvalue weighted by atomic mass is 16.3. The molecule has 0 unspecified atom stereocenters. The Labute approximate surface area is 394 Å². The van der Waals surface area contributed by atoms with E-state index in [1.54, 1.807) is 0 Å². The van der Waals surface area contributed by atoms with Crippen LogP contribution in [0, 0.1) is 0 Å². The molecule has 69 heavy (non-hydrogen) atoms. The highest BCUT2D eigenvalue weighted by Gasteiger charge is 2.22. The molecule has 0 saturated carbocycles. The molecule has 0 amide bonds. The van der Waals surface area contributed by atoms with E-state index in [4.69, 9.17) is 19.4 Å². The molecule has 0 aliphatic heterocycles. The van der Waals surface area contributed by atoms with Crippen LogP contribution in [0.4, 0.5) is 0 Å². The van der Waals surface area contributed by atoms with Crippen LogP contribution in [0.1, 0.15) is 0 Å². The summed E-state index contributed by atoms with van der Waals surface area (Å²) >= 11 is 0. The highest BCUT2D eigenvalue weighted by molar-refractivity contribution is 6.24. The van der Waals surface area contributed by atoms with E-state index >= 15 is 0 Å². The maximum Gasteiger partial charge on any atom is 0.166 e. The first-order valence-electron chi connectivity index (χ1n) is 23.3. The first-order chi connectivity index (χ1) is 34.2. The van der Waals surface area contributed by atoms with Crippen LogP contribution in [0.5, 0.6) is 0 Å². The maximum atomic E-state index is 6.79. The Balaban J connectivity index is 0.926. The van der Waals surface area contributed by atoms with Gasteiger partial charge in [0.05, 0.1) is 22.1 Å². The van der Waals surface area contributed by atoms with Gasteiger partial charge in [-0.25, -0.2) is 15.0 Å². The van der Waals surface area contributed by atoms with Crippen LogP contribution >= 0.6 is 0 Å². The van der Waals surface area contributed by atoms with Gasteiger partial charge in [0.2, 0.25) is 0 Å². The molecule has 0 saturated heterocycles. The normalized spacial score (nSPS) is 12.1. The largest absolute Gasteiger partial charge is 0.456 e. The Morgan fingerprint density at radius 2 is 0.971 bits per heavy atom. The van der Waals surface area contributed by atoms with E-state index in [9.17, 15) is 0 Å². The first kappa shape index (κ1) is 37.8. The van der Waals surface area contributed by atoms with E-state index < -0.39 is 0 Å². The summed E-state index contributed by atoms with van der Waals surface area (Å²) in [5.74, 6) is 1.77. The van der Waals surface area contributed by atoms with Crippen molar-refractivity contribution in [1.29, 1.82) is 0 Å². The van der Waals surface area contributed by atoms with Gasteiger partial charge in [0.1, 0.15) is 11.2 Å². The van der Waals surface area contributed by atoms with Gasteiger partial charge in [0.25, 0.3) is 0 Å². The number of rotatable bonds is 5. The average Bonchev–Trinajstić information content (AvgIpc) is 4.08. The molecule has 320 valence electrons. The minimum atomic E-state index is 0.569. The van der Waals surface area contributed by atoms with Crippen LogP contribution in [-0.4, -0.2) is 24.1 Å². The SMILES string of the molecule is c1ccc(-c2nc(-c3ccc4c(c3)oc3ccc5ccc(-n6c7cc8ccccc8cc7c7c8ccccc8ccc76)cc5c34)nc(-c3cccc4c5ccccc5n(-c5ccccc5)c34)n2)cc1. The van der Waals surface area contributed by atoms with Crippen molar-refractivity contribution in [2.45, 2.75) is 0 Å². The molecule has 6 heteroatoms. The lowest BCUT2D eigenvalue weighted by Gasteiger charge is -2.12. The number of hydrogen-bond donors (Lipinski definition) is 0. The molecule has 0 N–H and O–H groups in total. The van der Waals surface area contributed by atoms with Gasteiger partial charge in [0.15, 0.2) is 17.5 Å². The summed E-state index contributed by atoms with van der Waals surface area (Å²) in [4.78, 5) is 15.7. The molecule has 4 heterocycles. The molecule has 0 fully saturated rings. The molecule has 0 atom stereocenters. The van der Waals surface area contributed by atoms with Crippen molar-refractivity contribution in [1.82, 2.24) is 24.1 Å². The Morgan fingerprint density at radius 3 is 1.83 bits per heavy atom. The molecule has 6 nitrogen and oxygen atoms in total. The topological polar surface area (TPSA) is 61.7 Å². The third-order valence-electron chi connectivity index (χ3n) is 14.1. The fourth-order valence-electron chi connectivity index (χ4n) is 11.0. The second kappa shape index (κ2) is 14.6. The molecule has 15 aromatic rings. The lowest BCUT2D eigenvalue weighted by atomic mass is 10.0. The van der Waals surface area contributed by atoms with Gasteiger partial charge in [-0.15, -0.1) is 0 Å². The van der Waals surface area contributed by atoms with Gasteiger partial charge in [-0.3, -0.25) is 0 Å². The summed E-state index contributed by atoms with van der Waals surface area (Å²) in [6, 6.07) is 79.7. The molecule has 0 aliphatic rings. The van der Waals surface area contributed by atoms with Gasteiger partial charge < -0.3 is 13.6 Å². The highest BCUT2D eigenvalue weighted by Crippen LogP contribution is 2.43. The zero-order valence-electron chi connectivity index (χ0n) is 37.0. The number of benzene rings is 11. The summed E-state index contributed by atoms with van der Waals surface area (Å²) in [6.07, 6.45) is 0. The fourth-order valence-corrected chi connectivity index (χ4v) is 11.0. The third-order valence-corrected chi connectivity index (χ3v) is 14.1. The zero-order valence-corrected chi connectivity index (χ0v) is 37.0. The standard InChI is InChI=1S/C63H37N5O/c1-3-15-40(16-4-1)61-64-62(66-63(65-61)50-24-13-23-48-47-22-11-12-25-53(47)68(60(48)50)44-19-5-2-6-20-44)43-27-31-49-57(36-43)69-56-33-29-39-26-30-45(37-51(39)59(49)56)67-54-32-28-38-14-9-10-21-46(38)58(54)52-34-41-17-7-8-18-42(41)35-55(52)67/h1-37H. The number of para-hydroxylation sites is 3. The minimum absolute atomic E-state index is 0.569. The Bertz CT molecular complexity index is 4600. The number of aromatic nitrogens is 5. The lowest BCUT2D eigenvalue weighted by molar-refractivity contribution is 0.669. The van der Waals surface area contributed by atoms with Gasteiger partial charge in [-0.2, -0.15) is 0 Å². The molecule has 11 aromatic carbocycles. The van der Waals surface area contributed by atoms with Crippen molar-refractivity contribution < 1.29 is 4.42 Å².